The molecule has 3 rings (SSSR count). The highest BCUT2D eigenvalue weighted by atomic mass is 35.5. The number of ether oxygens (including phenoxy) is 1. The van der Waals surface area contributed by atoms with Crippen molar-refractivity contribution in [3.63, 3.8) is 0 Å². The van der Waals surface area contributed by atoms with E-state index in [4.69, 9.17) is 16.3 Å². The summed E-state index contributed by atoms with van der Waals surface area (Å²) in [6.45, 7) is -0.0871. The van der Waals surface area contributed by atoms with E-state index in [0.29, 0.717) is 6.07 Å². The van der Waals surface area contributed by atoms with Crippen molar-refractivity contribution in [1.29, 1.82) is 0 Å². The van der Waals surface area contributed by atoms with Crippen molar-refractivity contribution in [2.24, 2.45) is 0 Å². The number of halogens is 4. The van der Waals surface area contributed by atoms with Gasteiger partial charge in [-0.05, 0) is 54.1 Å². The molecule has 0 spiro atoms. The SMILES string of the molecule is O=C(COc1ccc(S(=O)(=O)Nc2cccc(C(F)(F)F)c2)cc1Cl)NCc1ccncc1. The molecule has 174 valence electrons. The summed E-state index contributed by atoms with van der Waals surface area (Å²) in [5.74, 6) is -0.362. The summed E-state index contributed by atoms with van der Waals surface area (Å²) >= 11 is 6.08. The lowest BCUT2D eigenvalue weighted by molar-refractivity contribution is -0.137. The van der Waals surface area contributed by atoms with Gasteiger partial charge in [0.15, 0.2) is 6.61 Å². The van der Waals surface area contributed by atoms with Crippen molar-refractivity contribution in [3.8, 4) is 5.75 Å². The third kappa shape index (κ3) is 6.83. The summed E-state index contributed by atoms with van der Waals surface area (Å²) in [5, 5.41) is 2.55. The minimum Gasteiger partial charge on any atom is -0.482 e. The van der Waals surface area contributed by atoms with Crippen LogP contribution in [-0.2, 0) is 27.5 Å². The zero-order valence-electron chi connectivity index (χ0n) is 16.8. The first kappa shape index (κ1) is 24.3. The standard InChI is InChI=1S/C21H17ClF3N3O4S/c22-18-11-17(33(30,31)28-16-3-1-2-15(10-16)21(23,24)25)4-5-19(18)32-13-20(29)27-12-14-6-8-26-9-7-14/h1-11,28H,12-13H2,(H,27,29). The Morgan fingerprint density at radius 2 is 1.79 bits per heavy atom. The number of aromatic nitrogens is 1. The van der Waals surface area contributed by atoms with Gasteiger partial charge in [0.25, 0.3) is 15.9 Å². The van der Waals surface area contributed by atoms with E-state index in [1.54, 1.807) is 24.5 Å². The normalized spacial score (nSPS) is 11.6. The maximum absolute atomic E-state index is 12.8. The molecule has 0 saturated carbocycles. The lowest BCUT2D eigenvalue weighted by Gasteiger charge is -2.13. The van der Waals surface area contributed by atoms with Crippen LogP contribution in [0, 0.1) is 0 Å². The second-order valence-corrected chi connectivity index (χ2v) is 8.79. The van der Waals surface area contributed by atoms with Crippen LogP contribution in [0.5, 0.6) is 5.75 Å². The molecular formula is C21H17ClF3N3O4S. The Kier molecular flexibility index (Phi) is 7.44. The van der Waals surface area contributed by atoms with Crippen LogP contribution in [0.4, 0.5) is 18.9 Å². The Hall–Kier alpha value is -3.31. The van der Waals surface area contributed by atoms with Gasteiger partial charge in [0.1, 0.15) is 5.75 Å². The Labute approximate surface area is 192 Å². The molecule has 2 N–H and O–H groups in total. The first-order valence-corrected chi connectivity index (χ1v) is 11.2. The first-order valence-electron chi connectivity index (χ1n) is 9.32. The Bertz CT molecular complexity index is 1240. The largest absolute Gasteiger partial charge is 0.482 e. The van der Waals surface area contributed by atoms with Gasteiger partial charge in [0.05, 0.1) is 15.5 Å². The van der Waals surface area contributed by atoms with E-state index in [1.807, 2.05) is 0 Å². The summed E-state index contributed by atoms with van der Waals surface area (Å²) in [6, 6.07) is 10.7. The summed E-state index contributed by atoms with van der Waals surface area (Å²) in [5.41, 5.74) is -0.405. The van der Waals surface area contributed by atoms with Crippen LogP contribution in [0.1, 0.15) is 11.1 Å². The van der Waals surface area contributed by atoms with Crippen LogP contribution in [-0.4, -0.2) is 25.9 Å². The molecule has 1 heterocycles. The lowest BCUT2D eigenvalue weighted by atomic mass is 10.2. The van der Waals surface area contributed by atoms with Crippen molar-refractivity contribution in [2.45, 2.75) is 17.6 Å². The molecule has 1 aromatic heterocycles. The van der Waals surface area contributed by atoms with E-state index >= 15 is 0 Å². The Morgan fingerprint density at radius 3 is 2.45 bits per heavy atom. The summed E-state index contributed by atoms with van der Waals surface area (Å²) < 4.78 is 71.1. The second kappa shape index (κ2) is 10.1. The number of nitrogens with zero attached hydrogens (tertiary/aromatic N) is 1. The minimum absolute atomic E-state index is 0.0637. The molecule has 0 atom stereocenters. The zero-order chi connectivity index (χ0) is 24.1. The predicted molar refractivity (Wildman–Crippen MR) is 115 cm³/mol. The number of rotatable bonds is 8. The van der Waals surface area contributed by atoms with Crippen molar-refractivity contribution < 1.29 is 31.1 Å². The molecule has 0 aliphatic rings. The smallest absolute Gasteiger partial charge is 0.416 e. The van der Waals surface area contributed by atoms with Gasteiger partial charge in [-0.25, -0.2) is 8.42 Å². The number of carbonyl (C=O) groups is 1. The molecule has 2 aromatic carbocycles. The highest BCUT2D eigenvalue weighted by Gasteiger charge is 2.30. The van der Waals surface area contributed by atoms with Gasteiger partial charge < -0.3 is 10.1 Å². The molecular weight excluding hydrogens is 483 g/mol. The molecule has 12 heteroatoms. The zero-order valence-corrected chi connectivity index (χ0v) is 18.3. The number of hydrogen-bond acceptors (Lipinski definition) is 5. The van der Waals surface area contributed by atoms with Gasteiger partial charge in [0, 0.05) is 24.6 Å². The van der Waals surface area contributed by atoms with Crippen LogP contribution in [0.2, 0.25) is 5.02 Å². The number of pyridine rings is 1. The molecule has 0 aliphatic carbocycles. The quantitative estimate of drug-likeness (QED) is 0.483. The highest BCUT2D eigenvalue weighted by Crippen LogP contribution is 2.32. The Morgan fingerprint density at radius 1 is 1.06 bits per heavy atom. The molecule has 7 nitrogen and oxygen atoms in total. The van der Waals surface area contributed by atoms with Crippen molar-refractivity contribution in [1.82, 2.24) is 10.3 Å². The highest BCUT2D eigenvalue weighted by molar-refractivity contribution is 7.92. The van der Waals surface area contributed by atoms with E-state index < -0.39 is 27.7 Å². The molecule has 0 saturated heterocycles. The maximum Gasteiger partial charge on any atom is 0.416 e. The van der Waals surface area contributed by atoms with Crippen LogP contribution in [0.15, 0.2) is 71.9 Å². The number of carbonyl (C=O) groups excluding carboxylic acids is 1. The molecule has 0 aliphatic heterocycles. The summed E-state index contributed by atoms with van der Waals surface area (Å²) in [4.78, 5) is 15.5. The van der Waals surface area contributed by atoms with Crippen LogP contribution >= 0.6 is 11.6 Å². The second-order valence-electron chi connectivity index (χ2n) is 6.70. The molecule has 0 fully saturated rings. The number of sulfonamides is 1. The van der Waals surface area contributed by atoms with E-state index in [-0.39, 0.29) is 34.5 Å². The van der Waals surface area contributed by atoms with Crippen LogP contribution in [0.25, 0.3) is 0 Å². The van der Waals surface area contributed by atoms with Gasteiger partial charge in [-0.2, -0.15) is 13.2 Å². The fourth-order valence-corrected chi connectivity index (χ4v) is 4.01. The summed E-state index contributed by atoms with van der Waals surface area (Å²) in [7, 11) is -4.23. The van der Waals surface area contributed by atoms with Crippen LogP contribution in [0.3, 0.4) is 0 Å². The minimum atomic E-state index is -4.62. The molecule has 0 bridgehead atoms. The lowest BCUT2D eigenvalue weighted by Crippen LogP contribution is -2.28. The van der Waals surface area contributed by atoms with E-state index in [9.17, 15) is 26.4 Å². The molecule has 0 unspecified atom stereocenters. The fourth-order valence-electron chi connectivity index (χ4n) is 2.63. The van der Waals surface area contributed by atoms with Crippen molar-refractivity contribution in [2.75, 3.05) is 11.3 Å². The molecule has 1 amide bonds. The van der Waals surface area contributed by atoms with E-state index in [2.05, 4.69) is 15.0 Å². The maximum atomic E-state index is 12.8. The van der Waals surface area contributed by atoms with Gasteiger partial charge in [-0.1, -0.05) is 17.7 Å². The van der Waals surface area contributed by atoms with Gasteiger partial charge >= 0.3 is 6.18 Å². The summed E-state index contributed by atoms with van der Waals surface area (Å²) in [6.07, 6.45) is -1.43. The van der Waals surface area contributed by atoms with E-state index in [0.717, 1.165) is 29.8 Å². The van der Waals surface area contributed by atoms with Crippen LogP contribution < -0.4 is 14.8 Å². The third-order valence-electron chi connectivity index (χ3n) is 4.25. The average molecular weight is 500 g/mol. The third-order valence-corrected chi connectivity index (χ3v) is 5.93. The van der Waals surface area contributed by atoms with Gasteiger partial charge in [-0.15, -0.1) is 0 Å². The number of hydrogen-bond donors (Lipinski definition) is 2. The molecule has 33 heavy (non-hydrogen) atoms. The number of amides is 1. The molecule has 3 aromatic rings. The first-order chi connectivity index (χ1) is 15.5. The van der Waals surface area contributed by atoms with Gasteiger partial charge in [-0.3, -0.25) is 14.5 Å². The average Bonchev–Trinajstić information content (AvgIpc) is 2.77. The fraction of sp³-hybridized carbons (Fsp3) is 0.143. The monoisotopic (exact) mass is 499 g/mol. The van der Waals surface area contributed by atoms with Crippen molar-refractivity contribution >= 4 is 33.2 Å². The Balaban J connectivity index is 1.62. The number of alkyl halides is 3. The van der Waals surface area contributed by atoms with Gasteiger partial charge in [0.2, 0.25) is 0 Å². The molecule has 0 radical (unpaired) electrons. The number of nitrogens with one attached hydrogen (secondary N) is 2. The number of benzene rings is 2. The predicted octanol–water partition coefficient (Wildman–Crippen LogP) is 4.25. The number of anilines is 1. The van der Waals surface area contributed by atoms with E-state index in [1.165, 1.54) is 12.1 Å². The van der Waals surface area contributed by atoms with Crippen molar-refractivity contribution in [3.05, 3.63) is 83.1 Å². The topological polar surface area (TPSA) is 97.4 Å².